The van der Waals surface area contributed by atoms with Gasteiger partial charge in [0.25, 0.3) is 0 Å². The lowest BCUT2D eigenvalue weighted by molar-refractivity contribution is -0.0884. The van der Waals surface area contributed by atoms with Gasteiger partial charge in [-0.05, 0) is 104 Å². The second-order valence-electron chi connectivity index (χ2n) is 10.5. The smallest absolute Gasteiger partial charge is 0.138 e. The van der Waals surface area contributed by atoms with E-state index >= 15 is 0 Å². The average molecular weight is 396 g/mol. The van der Waals surface area contributed by atoms with Crippen molar-refractivity contribution >= 4 is 5.57 Å². The third-order valence-electron chi connectivity index (χ3n) is 9.30. The molecule has 3 aliphatic carbocycles. The minimum absolute atomic E-state index is 0.290. The third-order valence-corrected chi connectivity index (χ3v) is 9.30. The van der Waals surface area contributed by atoms with Crippen molar-refractivity contribution in [3.05, 3.63) is 30.1 Å². The fourth-order valence-corrected chi connectivity index (χ4v) is 7.81. The first-order valence-electron chi connectivity index (χ1n) is 11.9. The normalized spacial score (nSPS) is 41.6. The number of rotatable bonds is 3. The van der Waals surface area contributed by atoms with E-state index in [-0.39, 0.29) is 5.41 Å². The number of hydrogen-bond donors (Lipinski definition) is 0. The first-order valence-corrected chi connectivity index (χ1v) is 11.9. The van der Waals surface area contributed by atoms with Gasteiger partial charge >= 0.3 is 0 Å². The summed E-state index contributed by atoms with van der Waals surface area (Å²) in [7, 11) is 0. The van der Waals surface area contributed by atoms with Crippen molar-refractivity contribution in [2.24, 2.45) is 34.5 Å². The third kappa shape index (κ3) is 3.07. The Hall–Kier alpha value is -1.35. The van der Waals surface area contributed by atoms with Gasteiger partial charge in [-0.25, -0.2) is 0 Å². The number of aromatic nitrogens is 1. The van der Waals surface area contributed by atoms with Crippen LogP contribution in [0.25, 0.3) is 5.57 Å². The summed E-state index contributed by atoms with van der Waals surface area (Å²) in [5.41, 5.74) is 3.59. The number of allylic oxidation sites excluding steroid dienone is 2. The molecule has 1 aromatic heterocycles. The minimum atomic E-state index is 0.290. The molecule has 6 atom stereocenters. The Bertz CT molecular complexity index is 789. The van der Waals surface area contributed by atoms with E-state index in [2.05, 4.69) is 37.2 Å². The van der Waals surface area contributed by atoms with Crippen molar-refractivity contribution in [3.8, 4) is 5.75 Å². The molecule has 3 heteroatoms. The van der Waals surface area contributed by atoms with E-state index in [1.807, 2.05) is 13.1 Å². The van der Waals surface area contributed by atoms with E-state index in [0.29, 0.717) is 12.0 Å². The summed E-state index contributed by atoms with van der Waals surface area (Å²) in [6, 6.07) is 2.21. The lowest BCUT2D eigenvalue weighted by atomic mass is 9.46. The molecule has 0 radical (unpaired) electrons. The van der Waals surface area contributed by atoms with Gasteiger partial charge in [0.05, 0.1) is 12.8 Å². The van der Waals surface area contributed by atoms with Crippen molar-refractivity contribution in [1.82, 2.24) is 4.98 Å². The molecular formula is C26H37NO2. The van der Waals surface area contributed by atoms with Crippen LogP contribution in [-0.4, -0.2) is 24.8 Å². The largest absolute Gasteiger partial charge is 0.492 e. The number of ether oxygens (including phenoxy) is 2. The van der Waals surface area contributed by atoms with Gasteiger partial charge in [0.2, 0.25) is 0 Å². The SMILES string of the molecule is CCOc1cncc(C2=CC[C@H]3[C@@H]4CC[C@H]5COCCC[C@]5(C)[C@H]4CC[C@]23C)c1. The first-order chi connectivity index (χ1) is 14.1. The summed E-state index contributed by atoms with van der Waals surface area (Å²) in [6.07, 6.45) is 15.7. The molecule has 1 aliphatic heterocycles. The Morgan fingerprint density at radius 1 is 1.14 bits per heavy atom. The molecule has 1 saturated heterocycles. The maximum Gasteiger partial charge on any atom is 0.138 e. The van der Waals surface area contributed by atoms with Crippen LogP contribution in [0.15, 0.2) is 24.5 Å². The summed E-state index contributed by atoms with van der Waals surface area (Å²) in [5, 5.41) is 0. The van der Waals surface area contributed by atoms with Crippen LogP contribution in [0.2, 0.25) is 0 Å². The molecule has 2 heterocycles. The van der Waals surface area contributed by atoms with Crippen molar-refractivity contribution in [1.29, 1.82) is 0 Å². The molecule has 0 aromatic carbocycles. The summed E-state index contributed by atoms with van der Waals surface area (Å²) < 4.78 is 11.7. The molecule has 0 amide bonds. The highest BCUT2D eigenvalue weighted by atomic mass is 16.5. The van der Waals surface area contributed by atoms with Crippen LogP contribution < -0.4 is 4.74 Å². The van der Waals surface area contributed by atoms with E-state index in [0.717, 1.165) is 42.6 Å². The van der Waals surface area contributed by atoms with Crippen molar-refractivity contribution < 1.29 is 9.47 Å². The van der Waals surface area contributed by atoms with Crippen molar-refractivity contribution in [2.45, 2.75) is 65.7 Å². The summed E-state index contributed by atoms with van der Waals surface area (Å²) in [5.74, 6) is 4.20. The second kappa shape index (κ2) is 7.41. The second-order valence-corrected chi connectivity index (χ2v) is 10.5. The fourth-order valence-electron chi connectivity index (χ4n) is 7.81. The van der Waals surface area contributed by atoms with Gasteiger partial charge in [-0.15, -0.1) is 0 Å². The molecule has 0 N–H and O–H groups in total. The van der Waals surface area contributed by atoms with E-state index in [1.165, 1.54) is 56.1 Å². The fraction of sp³-hybridized carbons (Fsp3) is 0.731. The van der Waals surface area contributed by atoms with Gasteiger partial charge in [-0.2, -0.15) is 0 Å². The molecule has 1 aromatic rings. The molecular weight excluding hydrogens is 358 g/mol. The Balaban J connectivity index is 1.42. The zero-order valence-corrected chi connectivity index (χ0v) is 18.5. The lowest BCUT2D eigenvalue weighted by Crippen LogP contribution is -2.51. The standard InChI is InChI=1S/C26H37NO2/c1-4-29-20-14-18(15-27-16-20)22-8-9-23-21-7-6-19-17-28-13-5-11-25(19,2)24(21)10-12-26(22,23)3/h8,14-16,19,21,23-24H,4-7,9-13,17H2,1-3H3/t19-,21-,23-,24-,25-,26+/m0/s1. The number of nitrogens with zero attached hydrogens (tertiary/aromatic N) is 1. The minimum Gasteiger partial charge on any atom is -0.492 e. The molecule has 158 valence electrons. The average Bonchev–Trinajstić information content (AvgIpc) is 2.94. The van der Waals surface area contributed by atoms with Crippen molar-refractivity contribution in [2.75, 3.05) is 19.8 Å². The number of fused-ring (bicyclic) bond motifs is 5. The zero-order chi connectivity index (χ0) is 20.1. The Kier molecular flexibility index (Phi) is 5.01. The van der Waals surface area contributed by atoms with E-state index in [4.69, 9.17) is 9.47 Å². The molecule has 0 spiro atoms. The maximum atomic E-state index is 5.99. The number of pyridine rings is 1. The van der Waals surface area contributed by atoms with E-state index < -0.39 is 0 Å². The molecule has 2 saturated carbocycles. The number of hydrogen-bond acceptors (Lipinski definition) is 3. The zero-order valence-electron chi connectivity index (χ0n) is 18.5. The highest BCUT2D eigenvalue weighted by Gasteiger charge is 2.57. The predicted molar refractivity (Wildman–Crippen MR) is 117 cm³/mol. The van der Waals surface area contributed by atoms with Gasteiger partial charge in [0.1, 0.15) is 5.75 Å². The Morgan fingerprint density at radius 3 is 2.90 bits per heavy atom. The van der Waals surface area contributed by atoms with Crippen LogP contribution in [0.4, 0.5) is 0 Å². The molecule has 3 nitrogen and oxygen atoms in total. The maximum absolute atomic E-state index is 5.99. The van der Waals surface area contributed by atoms with Crippen molar-refractivity contribution in [3.63, 3.8) is 0 Å². The van der Waals surface area contributed by atoms with Crippen LogP contribution in [0.3, 0.4) is 0 Å². The van der Waals surface area contributed by atoms with E-state index in [1.54, 1.807) is 0 Å². The molecule has 3 fully saturated rings. The van der Waals surface area contributed by atoms with Gasteiger partial charge in [0, 0.05) is 19.4 Å². The molecule has 0 unspecified atom stereocenters. The Labute approximate surface area is 176 Å². The van der Waals surface area contributed by atoms with Gasteiger partial charge in [0.15, 0.2) is 0 Å². The van der Waals surface area contributed by atoms with Crippen LogP contribution in [-0.2, 0) is 4.74 Å². The molecule has 5 rings (SSSR count). The molecule has 0 bridgehead atoms. The molecule has 4 aliphatic rings. The van der Waals surface area contributed by atoms with Crippen LogP contribution in [0.5, 0.6) is 5.75 Å². The van der Waals surface area contributed by atoms with Gasteiger partial charge in [-0.3, -0.25) is 4.98 Å². The highest BCUT2D eigenvalue weighted by molar-refractivity contribution is 5.73. The van der Waals surface area contributed by atoms with Crippen LogP contribution >= 0.6 is 0 Å². The quantitative estimate of drug-likeness (QED) is 0.616. The summed E-state index contributed by atoms with van der Waals surface area (Å²) in [6.45, 7) is 9.86. The lowest BCUT2D eigenvalue weighted by Gasteiger charge is -2.58. The highest BCUT2D eigenvalue weighted by Crippen LogP contribution is 2.66. The van der Waals surface area contributed by atoms with Crippen LogP contribution in [0.1, 0.15) is 71.3 Å². The Morgan fingerprint density at radius 2 is 2.03 bits per heavy atom. The van der Waals surface area contributed by atoms with E-state index in [9.17, 15) is 0 Å². The monoisotopic (exact) mass is 395 g/mol. The van der Waals surface area contributed by atoms with Crippen LogP contribution in [0, 0.1) is 34.5 Å². The first kappa shape index (κ1) is 19.6. The summed E-state index contributed by atoms with van der Waals surface area (Å²) >= 11 is 0. The molecule has 29 heavy (non-hydrogen) atoms. The van der Waals surface area contributed by atoms with Gasteiger partial charge in [-0.1, -0.05) is 19.9 Å². The van der Waals surface area contributed by atoms with Gasteiger partial charge < -0.3 is 9.47 Å². The summed E-state index contributed by atoms with van der Waals surface area (Å²) in [4.78, 5) is 4.49. The topological polar surface area (TPSA) is 31.4 Å². The predicted octanol–water partition coefficient (Wildman–Crippen LogP) is 6.14.